The molecule has 1 saturated heterocycles. The van der Waals surface area contributed by atoms with Crippen LogP contribution in [0.3, 0.4) is 0 Å². The molecule has 2 heterocycles. The molecule has 3 rings (SSSR count). The van der Waals surface area contributed by atoms with Crippen LogP contribution in [0.15, 0.2) is 42.7 Å². The van der Waals surface area contributed by atoms with E-state index in [0.717, 1.165) is 44.6 Å². The fourth-order valence-corrected chi connectivity index (χ4v) is 2.97. The third kappa shape index (κ3) is 4.64. The second kappa shape index (κ2) is 8.24. The van der Waals surface area contributed by atoms with E-state index in [2.05, 4.69) is 28.3 Å². The zero-order valence-electron chi connectivity index (χ0n) is 13.5. The van der Waals surface area contributed by atoms with Gasteiger partial charge in [-0.3, -0.25) is 4.90 Å². The smallest absolute Gasteiger partial charge is 0.0645 e. The lowest BCUT2D eigenvalue weighted by Gasteiger charge is -2.31. The highest BCUT2D eigenvalue weighted by molar-refractivity contribution is 5.30. The lowest BCUT2D eigenvalue weighted by molar-refractivity contribution is 0.000785. The normalized spacial score (nSPS) is 16.7. The van der Waals surface area contributed by atoms with Gasteiger partial charge >= 0.3 is 0 Å². The van der Waals surface area contributed by atoms with Gasteiger partial charge in [0, 0.05) is 44.6 Å². The second-order valence-corrected chi connectivity index (χ2v) is 6.05. The van der Waals surface area contributed by atoms with E-state index in [0.29, 0.717) is 12.7 Å². The SMILES string of the molecule is OCCCOC1CCN(Cc2cnn(-c3ccccc3)c2)CC1. The van der Waals surface area contributed by atoms with E-state index in [-0.39, 0.29) is 6.61 Å². The number of likely N-dealkylation sites (tertiary alicyclic amines) is 1. The third-order valence-corrected chi connectivity index (χ3v) is 4.25. The fourth-order valence-electron chi connectivity index (χ4n) is 2.97. The first kappa shape index (κ1) is 16.2. The molecule has 0 aliphatic carbocycles. The van der Waals surface area contributed by atoms with Crippen molar-refractivity contribution in [3.8, 4) is 5.69 Å². The van der Waals surface area contributed by atoms with Crippen LogP contribution in [0.25, 0.3) is 5.69 Å². The summed E-state index contributed by atoms with van der Waals surface area (Å²) in [5.41, 5.74) is 2.34. The maximum atomic E-state index is 8.79. The van der Waals surface area contributed by atoms with Gasteiger partial charge in [-0.1, -0.05) is 18.2 Å². The van der Waals surface area contributed by atoms with Gasteiger partial charge in [0.15, 0.2) is 0 Å². The summed E-state index contributed by atoms with van der Waals surface area (Å²) in [6.07, 6.45) is 7.29. The van der Waals surface area contributed by atoms with Crippen molar-refractivity contribution < 1.29 is 9.84 Å². The molecule has 5 nitrogen and oxygen atoms in total. The molecular weight excluding hydrogens is 290 g/mol. The summed E-state index contributed by atoms with van der Waals surface area (Å²) in [6, 6.07) is 10.2. The first-order valence-electron chi connectivity index (χ1n) is 8.39. The Morgan fingerprint density at radius 3 is 2.70 bits per heavy atom. The number of benzene rings is 1. The van der Waals surface area contributed by atoms with Crippen molar-refractivity contribution in [3.05, 3.63) is 48.3 Å². The zero-order valence-corrected chi connectivity index (χ0v) is 13.5. The molecule has 1 aromatic carbocycles. The van der Waals surface area contributed by atoms with Crippen LogP contribution in [0.2, 0.25) is 0 Å². The van der Waals surface area contributed by atoms with E-state index in [1.54, 1.807) is 0 Å². The molecule has 0 spiro atoms. The standard InChI is InChI=1S/C18H25N3O2/c22-11-4-12-23-18-7-9-20(10-8-18)14-16-13-19-21(15-16)17-5-2-1-3-6-17/h1-3,5-6,13,15,18,22H,4,7-12,14H2. The van der Waals surface area contributed by atoms with Gasteiger partial charge < -0.3 is 9.84 Å². The van der Waals surface area contributed by atoms with Gasteiger partial charge in [-0.15, -0.1) is 0 Å². The number of hydrogen-bond donors (Lipinski definition) is 1. The molecule has 5 heteroatoms. The fraction of sp³-hybridized carbons (Fsp3) is 0.500. The molecule has 1 fully saturated rings. The second-order valence-electron chi connectivity index (χ2n) is 6.05. The number of para-hydroxylation sites is 1. The van der Waals surface area contributed by atoms with Crippen molar-refractivity contribution in [2.75, 3.05) is 26.3 Å². The molecule has 0 atom stereocenters. The number of aliphatic hydroxyl groups is 1. The molecule has 0 radical (unpaired) electrons. The van der Waals surface area contributed by atoms with Gasteiger partial charge in [0.05, 0.1) is 18.0 Å². The molecule has 124 valence electrons. The number of aromatic nitrogens is 2. The topological polar surface area (TPSA) is 50.5 Å². The number of nitrogens with zero attached hydrogens (tertiary/aromatic N) is 3. The molecule has 23 heavy (non-hydrogen) atoms. The van der Waals surface area contributed by atoms with Gasteiger partial charge in [-0.25, -0.2) is 4.68 Å². The average Bonchev–Trinajstić information content (AvgIpc) is 3.06. The summed E-state index contributed by atoms with van der Waals surface area (Å²) in [7, 11) is 0. The number of rotatable bonds is 7. The molecule has 2 aromatic rings. The van der Waals surface area contributed by atoms with Crippen LogP contribution in [-0.2, 0) is 11.3 Å². The van der Waals surface area contributed by atoms with E-state index >= 15 is 0 Å². The van der Waals surface area contributed by atoms with Gasteiger partial charge in [-0.2, -0.15) is 5.10 Å². The Morgan fingerprint density at radius 1 is 1.17 bits per heavy atom. The summed E-state index contributed by atoms with van der Waals surface area (Å²) in [6.45, 7) is 3.94. The Bertz CT molecular complexity index is 577. The molecular formula is C18H25N3O2. The monoisotopic (exact) mass is 315 g/mol. The van der Waals surface area contributed by atoms with Crippen LogP contribution in [-0.4, -0.2) is 52.2 Å². The Hall–Kier alpha value is -1.69. The predicted molar refractivity (Wildman–Crippen MR) is 89.5 cm³/mol. The number of piperidine rings is 1. The van der Waals surface area contributed by atoms with Crippen LogP contribution in [0, 0.1) is 0 Å². The predicted octanol–water partition coefficient (Wildman–Crippen LogP) is 2.24. The summed E-state index contributed by atoms with van der Waals surface area (Å²) >= 11 is 0. The first-order valence-corrected chi connectivity index (χ1v) is 8.39. The van der Waals surface area contributed by atoms with E-state index < -0.39 is 0 Å². The Balaban J connectivity index is 1.47. The molecule has 0 saturated carbocycles. The Labute approximate surface area is 137 Å². The highest BCUT2D eigenvalue weighted by Crippen LogP contribution is 2.17. The zero-order chi connectivity index (χ0) is 15.9. The van der Waals surface area contributed by atoms with Crippen LogP contribution in [0.1, 0.15) is 24.8 Å². The number of ether oxygens (including phenoxy) is 1. The minimum Gasteiger partial charge on any atom is -0.396 e. The minimum atomic E-state index is 0.213. The van der Waals surface area contributed by atoms with E-state index in [4.69, 9.17) is 9.84 Å². The highest BCUT2D eigenvalue weighted by atomic mass is 16.5. The largest absolute Gasteiger partial charge is 0.396 e. The third-order valence-electron chi connectivity index (χ3n) is 4.25. The summed E-state index contributed by atoms with van der Waals surface area (Å²) < 4.78 is 7.71. The van der Waals surface area contributed by atoms with Crippen LogP contribution < -0.4 is 0 Å². The lowest BCUT2D eigenvalue weighted by atomic mass is 10.1. The quantitative estimate of drug-likeness (QED) is 0.796. The molecule has 1 N–H and O–H groups in total. The van der Waals surface area contributed by atoms with Crippen LogP contribution in [0.4, 0.5) is 0 Å². The van der Waals surface area contributed by atoms with Crippen molar-refractivity contribution in [2.45, 2.75) is 31.9 Å². The van der Waals surface area contributed by atoms with Crippen LogP contribution in [0.5, 0.6) is 0 Å². The van der Waals surface area contributed by atoms with Gasteiger partial charge in [0.25, 0.3) is 0 Å². The summed E-state index contributed by atoms with van der Waals surface area (Å²) in [4.78, 5) is 2.46. The van der Waals surface area contributed by atoms with Gasteiger partial charge in [0.2, 0.25) is 0 Å². The Kier molecular flexibility index (Phi) is 5.80. The van der Waals surface area contributed by atoms with Crippen molar-refractivity contribution in [3.63, 3.8) is 0 Å². The lowest BCUT2D eigenvalue weighted by Crippen LogP contribution is -2.36. The molecule has 1 aromatic heterocycles. The highest BCUT2D eigenvalue weighted by Gasteiger charge is 2.19. The van der Waals surface area contributed by atoms with E-state index in [9.17, 15) is 0 Å². The molecule has 1 aliphatic rings. The number of hydrogen-bond acceptors (Lipinski definition) is 4. The van der Waals surface area contributed by atoms with Crippen molar-refractivity contribution in [1.82, 2.24) is 14.7 Å². The van der Waals surface area contributed by atoms with Crippen molar-refractivity contribution in [2.24, 2.45) is 0 Å². The van der Waals surface area contributed by atoms with Crippen LogP contribution >= 0.6 is 0 Å². The van der Waals surface area contributed by atoms with Crippen molar-refractivity contribution >= 4 is 0 Å². The number of aliphatic hydroxyl groups excluding tert-OH is 1. The van der Waals surface area contributed by atoms with Gasteiger partial charge in [0.1, 0.15) is 0 Å². The summed E-state index contributed by atoms with van der Waals surface area (Å²) in [5, 5.41) is 13.2. The molecule has 0 bridgehead atoms. The summed E-state index contributed by atoms with van der Waals surface area (Å²) in [5.74, 6) is 0. The first-order chi connectivity index (χ1) is 11.3. The molecule has 1 aliphatic heterocycles. The average molecular weight is 315 g/mol. The van der Waals surface area contributed by atoms with E-state index in [1.807, 2.05) is 29.1 Å². The maximum absolute atomic E-state index is 8.79. The maximum Gasteiger partial charge on any atom is 0.0645 e. The molecule has 0 amide bonds. The Morgan fingerprint density at radius 2 is 1.96 bits per heavy atom. The minimum absolute atomic E-state index is 0.213. The van der Waals surface area contributed by atoms with Gasteiger partial charge in [-0.05, 0) is 31.4 Å². The molecule has 0 unspecified atom stereocenters. The van der Waals surface area contributed by atoms with Crippen molar-refractivity contribution in [1.29, 1.82) is 0 Å². The van der Waals surface area contributed by atoms with E-state index in [1.165, 1.54) is 5.56 Å².